The van der Waals surface area contributed by atoms with Gasteiger partial charge in [-0.25, -0.2) is 13.8 Å². The third kappa shape index (κ3) is 6.60. The van der Waals surface area contributed by atoms with Crippen molar-refractivity contribution in [2.75, 3.05) is 13.1 Å². The largest absolute Gasteiger partial charge is 0.462 e. The topological polar surface area (TPSA) is 162 Å². The molecule has 2 amide bonds. The second-order valence-electron chi connectivity index (χ2n) is 8.78. The van der Waals surface area contributed by atoms with E-state index in [0.717, 1.165) is 11.8 Å². The third-order valence-electron chi connectivity index (χ3n) is 5.32. The third-order valence-corrected chi connectivity index (χ3v) is 6.82. The lowest BCUT2D eigenvalue weighted by Crippen LogP contribution is -2.54. The van der Waals surface area contributed by atoms with Crippen LogP contribution in [0.5, 0.6) is 5.75 Å². The second-order valence-corrected chi connectivity index (χ2v) is 10.4. The fourth-order valence-electron chi connectivity index (χ4n) is 3.49. The highest BCUT2D eigenvalue weighted by Crippen LogP contribution is 2.46. The van der Waals surface area contributed by atoms with Gasteiger partial charge in [-0.1, -0.05) is 18.2 Å². The minimum absolute atomic E-state index is 0.000908. The molecule has 0 aromatic heterocycles. The molecule has 12 nitrogen and oxygen atoms in total. The number of aliphatic hydroxyl groups is 1. The molecule has 0 aliphatic carbocycles. The van der Waals surface area contributed by atoms with Gasteiger partial charge in [0, 0.05) is 13.0 Å². The second kappa shape index (κ2) is 11.2. The van der Waals surface area contributed by atoms with Crippen LogP contribution in [-0.4, -0.2) is 77.2 Å². The van der Waals surface area contributed by atoms with Crippen molar-refractivity contribution >= 4 is 25.6 Å². The Morgan fingerprint density at radius 2 is 2.11 bits per heavy atom. The summed E-state index contributed by atoms with van der Waals surface area (Å²) in [6.45, 7) is 2.19. The summed E-state index contributed by atoms with van der Waals surface area (Å²) >= 11 is 0. The van der Waals surface area contributed by atoms with Gasteiger partial charge in [-0.3, -0.25) is 14.2 Å². The molecular weight excluding hydrogens is 498 g/mol. The molecule has 1 aromatic rings. The van der Waals surface area contributed by atoms with E-state index in [2.05, 4.69) is 10.1 Å². The van der Waals surface area contributed by atoms with Crippen LogP contribution in [0.3, 0.4) is 0 Å². The number of para-hydroxylation sites is 1. The van der Waals surface area contributed by atoms with Crippen LogP contribution in [0.4, 0.5) is 9.18 Å². The number of nitrogens with zero attached hydrogens (tertiary/aromatic N) is 2. The number of aliphatic hydroxyl groups excluding tert-OH is 1. The standard InChI is InChI=1S/C22H32FN4O8P/c1-13(2)33-19(29)14(3)26-36(31,35-15-8-6-5-7-9-15)32-12-16-18(28)22(4,23)20(34-16)27-11-10-17(24)25-21(27)30/h5-9,13-14,16,18,20,28H,10-12H2,1-4H3,(H,26,31)(H2,24,25,30)/t14-,16+,18+,20+,22+,36-/m0/s1/i12D2. The zero-order valence-corrected chi connectivity index (χ0v) is 21.2. The Morgan fingerprint density at radius 3 is 2.72 bits per heavy atom. The molecule has 0 bridgehead atoms. The van der Waals surface area contributed by atoms with Gasteiger partial charge in [-0.15, -0.1) is 0 Å². The highest BCUT2D eigenvalue weighted by Gasteiger charge is 2.58. The number of amides is 2. The zero-order chi connectivity index (χ0) is 28.5. The number of ether oxygens (including phenoxy) is 2. The number of urea groups is 1. The van der Waals surface area contributed by atoms with E-state index in [9.17, 15) is 19.3 Å². The summed E-state index contributed by atoms with van der Waals surface area (Å²) in [5.41, 5.74) is 2.88. The summed E-state index contributed by atoms with van der Waals surface area (Å²) < 4.78 is 67.5. The van der Waals surface area contributed by atoms with Crippen molar-refractivity contribution in [1.29, 1.82) is 0 Å². The Hall–Kier alpha value is -2.57. The predicted octanol–water partition coefficient (Wildman–Crippen LogP) is 2.12. The van der Waals surface area contributed by atoms with E-state index < -0.39 is 62.6 Å². The molecule has 0 spiro atoms. The molecule has 3 rings (SSSR count). The lowest BCUT2D eigenvalue weighted by Gasteiger charge is -2.34. The smallest absolute Gasteiger partial charge is 0.459 e. The van der Waals surface area contributed by atoms with Gasteiger partial charge in [0.25, 0.3) is 0 Å². The number of esters is 1. The molecule has 1 aromatic carbocycles. The Morgan fingerprint density at radius 1 is 1.44 bits per heavy atom. The first-order chi connectivity index (χ1) is 17.6. The lowest BCUT2D eigenvalue weighted by molar-refractivity contribution is -0.149. The van der Waals surface area contributed by atoms with Crippen molar-refractivity contribution in [2.24, 2.45) is 10.7 Å². The maximum absolute atomic E-state index is 15.7. The number of benzene rings is 1. The molecule has 2 aliphatic heterocycles. The Bertz CT molecular complexity index is 1110. The van der Waals surface area contributed by atoms with Gasteiger partial charge in [0.05, 0.1) is 15.4 Å². The number of halogens is 1. The molecule has 4 N–H and O–H groups in total. The molecule has 1 fully saturated rings. The monoisotopic (exact) mass is 532 g/mol. The van der Waals surface area contributed by atoms with Gasteiger partial charge in [0.1, 0.15) is 29.8 Å². The van der Waals surface area contributed by atoms with Crippen LogP contribution >= 0.6 is 7.75 Å². The minimum Gasteiger partial charge on any atom is -0.462 e. The van der Waals surface area contributed by atoms with Crippen LogP contribution in [-0.2, 0) is 23.4 Å². The van der Waals surface area contributed by atoms with Crippen LogP contribution in [0.2, 0.25) is 0 Å². The Kier molecular flexibility index (Phi) is 7.82. The van der Waals surface area contributed by atoms with E-state index >= 15 is 4.39 Å². The molecule has 200 valence electrons. The van der Waals surface area contributed by atoms with Crippen molar-refractivity contribution < 1.29 is 44.9 Å². The maximum atomic E-state index is 15.7. The predicted molar refractivity (Wildman–Crippen MR) is 127 cm³/mol. The highest BCUT2D eigenvalue weighted by molar-refractivity contribution is 7.52. The maximum Gasteiger partial charge on any atom is 0.459 e. The molecule has 36 heavy (non-hydrogen) atoms. The quantitative estimate of drug-likeness (QED) is 0.301. The van der Waals surface area contributed by atoms with Crippen molar-refractivity contribution in [3.05, 3.63) is 30.3 Å². The van der Waals surface area contributed by atoms with Gasteiger partial charge < -0.3 is 24.8 Å². The number of alkyl halides is 1. The summed E-state index contributed by atoms with van der Waals surface area (Å²) in [4.78, 5) is 29.1. The molecular formula is C22H32FN4O8P. The van der Waals surface area contributed by atoms with Crippen LogP contribution < -0.4 is 15.3 Å². The summed E-state index contributed by atoms with van der Waals surface area (Å²) in [5, 5.41) is 13.0. The first-order valence-electron chi connectivity index (χ1n) is 12.3. The number of carbonyl (C=O) groups excluding carboxylic acids is 2. The van der Waals surface area contributed by atoms with Gasteiger partial charge in [0.15, 0.2) is 11.9 Å². The van der Waals surface area contributed by atoms with E-state index in [1.807, 2.05) is 0 Å². The molecule has 0 unspecified atom stereocenters. The normalized spacial score (nSPS) is 30.2. The fourth-order valence-corrected chi connectivity index (χ4v) is 4.85. The summed E-state index contributed by atoms with van der Waals surface area (Å²) in [5.74, 6) is -0.784. The van der Waals surface area contributed by atoms with E-state index in [-0.39, 0.29) is 24.6 Å². The number of nitrogens with two attached hydrogens (primary N) is 1. The first kappa shape index (κ1) is 25.1. The first-order valence-corrected chi connectivity index (χ1v) is 12.8. The van der Waals surface area contributed by atoms with E-state index in [1.165, 1.54) is 19.1 Å². The van der Waals surface area contributed by atoms with E-state index in [1.54, 1.807) is 32.0 Å². The highest BCUT2D eigenvalue weighted by atomic mass is 31.2. The van der Waals surface area contributed by atoms with Gasteiger partial charge in [-0.05, 0) is 39.8 Å². The van der Waals surface area contributed by atoms with E-state index in [0.29, 0.717) is 0 Å². The van der Waals surface area contributed by atoms with Crippen molar-refractivity contribution in [2.45, 2.75) is 70.4 Å². The minimum atomic E-state index is -4.77. The molecule has 14 heteroatoms. The number of nitrogens with one attached hydrogen (secondary N) is 1. The van der Waals surface area contributed by atoms with Crippen LogP contribution in [0.25, 0.3) is 0 Å². The zero-order valence-electron chi connectivity index (χ0n) is 22.3. The molecule has 1 saturated heterocycles. The van der Waals surface area contributed by atoms with E-state index in [4.69, 9.17) is 27.0 Å². The molecule has 2 aliphatic rings. The van der Waals surface area contributed by atoms with Crippen molar-refractivity contribution in [3.8, 4) is 5.75 Å². The summed E-state index contributed by atoms with van der Waals surface area (Å²) in [6.07, 6.45) is -6.39. The number of rotatable bonds is 10. The van der Waals surface area contributed by atoms with Crippen LogP contribution in [0.1, 0.15) is 36.9 Å². The number of hydrogen-bond donors (Lipinski definition) is 3. The Balaban J connectivity index is 1.87. The summed E-state index contributed by atoms with van der Waals surface area (Å²) in [6, 6.07) is 5.37. The average Bonchev–Trinajstić information content (AvgIpc) is 3.03. The van der Waals surface area contributed by atoms with Crippen molar-refractivity contribution in [1.82, 2.24) is 9.99 Å². The SMILES string of the molecule is [2H]C([2H])(O[P@@](=O)(N[C@@H](C)C(=O)OC(C)C)Oc1ccccc1)[C@H]1O[C@@H](N2CCC(N)=NC2=O)[C@](C)(F)[C@@H]1O. The Labute approximate surface area is 211 Å². The number of hydrogen-bond acceptors (Lipinski definition) is 9. The summed E-state index contributed by atoms with van der Waals surface area (Å²) in [7, 11) is -4.77. The van der Waals surface area contributed by atoms with Crippen molar-refractivity contribution in [3.63, 3.8) is 0 Å². The number of carbonyl (C=O) groups is 2. The number of amidine groups is 1. The average molecular weight is 533 g/mol. The molecule has 0 saturated carbocycles. The van der Waals surface area contributed by atoms with Crippen LogP contribution in [0, 0.1) is 0 Å². The van der Waals surface area contributed by atoms with Gasteiger partial charge >= 0.3 is 19.7 Å². The molecule has 2 heterocycles. The number of aliphatic imine (C=N–C) groups is 1. The van der Waals surface area contributed by atoms with Crippen LogP contribution in [0.15, 0.2) is 35.3 Å². The molecule has 0 radical (unpaired) electrons. The lowest BCUT2D eigenvalue weighted by atomic mass is 9.98. The van der Waals surface area contributed by atoms with Gasteiger partial charge in [0.2, 0.25) is 0 Å². The molecule has 6 atom stereocenters. The van der Waals surface area contributed by atoms with Gasteiger partial charge in [-0.2, -0.15) is 10.1 Å². The fraction of sp³-hybridized carbons (Fsp3) is 0.591.